The number of amides is 1. The highest BCUT2D eigenvalue weighted by atomic mass is 16.5. The molecule has 4 aliphatic rings. The molecule has 2 spiro atoms. The number of carbonyl (C=O) groups excluding carboxylic acids is 1. The summed E-state index contributed by atoms with van der Waals surface area (Å²) >= 11 is 0. The van der Waals surface area contributed by atoms with Crippen LogP contribution in [0.3, 0.4) is 0 Å². The van der Waals surface area contributed by atoms with Crippen LogP contribution in [-0.4, -0.2) is 35.5 Å². The van der Waals surface area contributed by atoms with Gasteiger partial charge in [0.2, 0.25) is 0 Å². The van der Waals surface area contributed by atoms with Crippen LogP contribution < -0.4 is 0 Å². The average molecular weight is 354 g/mol. The van der Waals surface area contributed by atoms with Crippen LogP contribution in [0.25, 0.3) is 0 Å². The SMILES string of the molecule is CC1CC2(CC1C)OC(N1CCC3(CC1)OCc1ccccc13)=NC2=O. The molecule has 2 unspecified atom stereocenters. The van der Waals surface area contributed by atoms with E-state index in [-0.39, 0.29) is 11.5 Å². The minimum atomic E-state index is -0.695. The van der Waals surface area contributed by atoms with Gasteiger partial charge in [0.25, 0.3) is 11.9 Å². The molecule has 0 radical (unpaired) electrons. The molecule has 3 heterocycles. The van der Waals surface area contributed by atoms with Gasteiger partial charge in [0.05, 0.1) is 12.2 Å². The van der Waals surface area contributed by atoms with Crippen LogP contribution in [-0.2, 0) is 26.5 Å². The van der Waals surface area contributed by atoms with Gasteiger partial charge in [-0.15, -0.1) is 0 Å². The molecule has 0 bridgehead atoms. The van der Waals surface area contributed by atoms with E-state index in [9.17, 15) is 4.79 Å². The standard InChI is InChI=1S/C21H26N2O3/c1-14-11-21(12-15(14)2)18(24)22-19(26-21)23-9-7-20(8-10-23)17-6-4-3-5-16(17)13-25-20/h3-6,14-15H,7-13H2,1-2H3. The van der Waals surface area contributed by atoms with Crippen molar-refractivity contribution < 1.29 is 14.3 Å². The molecule has 3 aliphatic heterocycles. The van der Waals surface area contributed by atoms with Gasteiger partial charge in [0.1, 0.15) is 0 Å². The Labute approximate surface area is 154 Å². The third-order valence-corrected chi connectivity index (χ3v) is 7.00. The molecule has 26 heavy (non-hydrogen) atoms. The summed E-state index contributed by atoms with van der Waals surface area (Å²) in [5.41, 5.74) is 1.77. The molecule has 138 valence electrons. The topological polar surface area (TPSA) is 51.1 Å². The monoisotopic (exact) mass is 354 g/mol. The molecule has 0 N–H and O–H groups in total. The zero-order valence-electron chi connectivity index (χ0n) is 15.5. The number of fused-ring (bicyclic) bond motifs is 2. The van der Waals surface area contributed by atoms with Crippen LogP contribution in [0.15, 0.2) is 29.3 Å². The van der Waals surface area contributed by atoms with Gasteiger partial charge in [-0.3, -0.25) is 4.79 Å². The summed E-state index contributed by atoms with van der Waals surface area (Å²) in [6.45, 7) is 6.72. The van der Waals surface area contributed by atoms with Crippen LogP contribution >= 0.6 is 0 Å². The van der Waals surface area contributed by atoms with Gasteiger partial charge in [-0.05, 0) is 48.6 Å². The first-order valence-electron chi connectivity index (χ1n) is 9.81. The summed E-state index contributed by atoms with van der Waals surface area (Å²) in [7, 11) is 0. The first-order chi connectivity index (χ1) is 12.5. The summed E-state index contributed by atoms with van der Waals surface area (Å²) < 4.78 is 12.4. The quantitative estimate of drug-likeness (QED) is 0.718. The Hall–Kier alpha value is -1.88. The molecule has 2 atom stereocenters. The Morgan fingerprint density at radius 2 is 1.77 bits per heavy atom. The minimum absolute atomic E-state index is 0.0774. The van der Waals surface area contributed by atoms with Crippen molar-refractivity contribution >= 4 is 11.9 Å². The van der Waals surface area contributed by atoms with Crippen molar-refractivity contribution in [2.75, 3.05) is 13.1 Å². The highest BCUT2D eigenvalue weighted by Gasteiger charge is 2.55. The van der Waals surface area contributed by atoms with E-state index in [0.717, 1.165) is 38.8 Å². The number of hydrogen-bond acceptors (Lipinski definition) is 4. The van der Waals surface area contributed by atoms with Gasteiger partial charge >= 0.3 is 0 Å². The summed E-state index contributed by atoms with van der Waals surface area (Å²) in [6.07, 6.45) is 3.38. The Bertz CT molecular complexity index is 769. The number of hydrogen-bond donors (Lipinski definition) is 0. The van der Waals surface area contributed by atoms with Gasteiger partial charge in [0, 0.05) is 13.1 Å². The minimum Gasteiger partial charge on any atom is -0.448 e. The molecule has 2 fully saturated rings. The second kappa shape index (κ2) is 5.56. The van der Waals surface area contributed by atoms with Crippen molar-refractivity contribution in [3.63, 3.8) is 0 Å². The Kier molecular flexibility index (Phi) is 3.48. The van der Waals surface area contributed by atoms with Crippen molar-refractivity contribution in [3.05, 3.63) is 35.4 Å². The first kappa shape index (κ1) is 16.3. The number of benzene rings is 1. The van der Waals surface area contributed by atoms with Gasteiger partial charge in [0.15, 0.2) is 5.60 Å². The zero-order chi connectivity index (χ0) is 17.9. The number of aliphatic imine (C=N–C) groups is 1. The van der Waals surface area contributed by atoms with E-state index in [1.807, 2.05) is 0 Å². The van der Waals surface area contributed by atoms with E-state index in [2.05, 4.69) is 48.0 Å². The largest absolute Gasteiger partial charge is 0.448 e. The predicted octanol–water partition coefficient (Wildman–Crippen LogP) is 3.23. The molecule has 1 aliphatic carbocycles. The lowest BCUT2D eigenvalue weighted by molar-refractivity contribution is -0.131. The van der Waals surface area contributed by atoms with E-state index in [1.54, 1.807) is 0 Å². The molecule has 5 heteroatoms. The predicted molar refractivity (Wildman–Crippen MR) is 97.5 cm³/mol. The molecular weight excluding hydrogens is 328 g/mol. The van der Waals surface area contributed by atoms with Gasteiger partial charge in [-0.2, -0.15) is 4.99 Å². The molecule has 1 saturated carbocycles. The lowest BCUT2D eigenvalue weighted by Crippen LogP contribution is -2.46. The smallest absolute Gasteiger partial charge is 0.296 e. The maximum absolute atomic E-state index is 12.6. The molecule has 1 aromatic rings. The van der Waals surface area contributed by atoms with Gasteiger partial charge in [-0.1, -0.05) is 38.1 Å². The summed E-state index contributed by atoms with van der Waals surface area (Å²) in [5, 5.41) is 0. The first-order valence-corrected chi connectivity index (χ1v) is 9.81. The fourth-order valence-corrected chi connectivity index (χ4v) is 5.21. The number of nitrogens with zero attached hydrogens (tertiary/aromatic N) is 2. The normalized spacial score (nSPS) is 35.1. The maximum atomic E-state index is 12.6. The number of ether oxygens (including phenoxy) is 2. The Morgan fingerprint density at radius 1 is 1.08 bits per heavy atom. The Morgan fingerprint density at radius 3 is 2.50 bits per heavy atom. The molecule has 0 aromatic heterocycles. The third kappa shape index (κ3) is 2.26. The lowest BCUT2D eigenvalue weighted by atomic mass is 9.84. The second-order valence-electron chi connectivity index (χ2n) is 8.59. The lowest BCUT2D eigenvalue weighted by Gasteiger charge is -2.39. The number of carbonyl (C=O) groups is 1. The van der Waals surface area contributed by atoms with Crippen LogP contribution in [0.4, 0.5) is 0 Å². The highest BCUT2D eigenvalue weighted by Crippen LogP contribution is 2.47. The van der Waals surface area contributed by atoms with Gasteiger partial charge in [-0.25, -0.2) is 0 Å². The molecule has 5 nitrogen and oxygen atoms in total. The van der Waals surface area contributed by atoms with Gasteiger partial charge < -0.3 is 14.4 Å². The summed E-state index contributed by atoms with van der Waals surface area (Å²) in [5.74, 6) is 0.925. The van der Waals surface area contributed by atoms with E-state index in [4.69, 9.17) is 9.47 Å². The van der Waals surface area contributed by atoms with E-state index >= 15 is 0 Å². The molecule has 1 amide bonds. The zero-order valence-corrected chi connectivity index (χ0v) is 15.5. The second-order valence-corrected chi connectivity index (χ2v) is 8.59. The van der Waals surface area contributed by atoms with Crippen molar-refractivity contribution in [2.24, 2.45) is 16.8 Å². The maximum Gasteiger partial charge on any atom is 0.296 e. The van der Waals surface area contributed by atoms with E-state index in [1.165, 1.54) is 11.1 Å². The van der Waals surface area contributed by atoms with Crippen LogP contribution in [0.5, 0.6) is 0 Å². The van der Waals surface area contributed by atoms with Crippen LogP contribution in [0.2, 0.25) is 0 Å². The molecule has 5 rings (SSSR count). The summed E-state index contributed by atoms with van der Waals surface area (Å²) in [4.78, 5) is 19.0. The molecule has 1 aromatic carbocycles. The van der Waals surface area contributed by atoms with Crippen molar-refractivity contribution in [1.82, 2.24) is 4.90 Å². The van der Waals surface area contributed by atoms with E-state index < -0.39 is 5.60 Å². The third-order valence-electron chi connectivity index (χ3n) is 7.00. The number of amidine groups is 1. The molecule has 1 saturated heterocycles. The molecular formula is C21H26N2O3. The number of piperidine rings is 1. The number of likely N-dealkylation sites (tertiary alicyclic amines) is 1. The van der Waals surface area contributed by atoms with Crippen LogP contribution in [0, 0.1) is 11.8 Å². The fourth-order valence-electron chi connectivity index (χ4n) is 5.21. The Balaban J connectivity index is 1.30. The van der Waals surface area contributed by atoms with Crippen LogP contribution in [0.1, 0.15) is 50.7 Å². The van der Waals surface area contributed by atoms with Crippen molar-refractivity contribution in [3.8, 4) is 0 Å². The summed E-state index contributed by atoms with van der Waals surface area (Å²) in [6, 6.07) is 9.06. The van der Waals surface area contributed by atoms with Crippen molar-refractivity contribution in [1.29, 1.82) is 0 Å². The van der Waals surface area contributed by atoms with Crippen molar-refractivity contribution in [2.45, 2.75) is 57.3 Å². The fraction of sp³-hybridized carbons (Fsp3) is 0.619. The highest BCUT2D eigenvalue weighted by molar-refractivity contribution is 6.01. The number of rotatable bonds is 0. The average Bonchev–Trinajstić information content (AvgIpc) is 3.25. The van der Waals surface area contributed by atoms with E-state index in [0.29, 0.717) is 24.5 Å².